The molecule has 0 radical (unpaired) electrons. The normalized spacial score (nSPS) is 25.4. The van der Waals surface area contributed by atoms with E-state index in [0.717, 1.165) is 11.3 Å². The number of benzene rings is 1. The molecule has 1 heterocycles. The predicted octanol–water partition coefficient (Wildman–Crippen LogP) is 3.77. The SMILES string of the molecule is Clc1cc2c(cc1Cl)C(Cl)NC(Cl)N2. The van der Waals surface area contributed by atoms with Gasteiger partial charge in [-0.1, -0.05) is 34.8 Å². The van der Waals surface area contributed by atoms with Crippen molar-refractivity contribution in [3.63, 3.8) is 0 Å². The Morgan fingerprint density at radius 3 is 2.43 bits per heavy atom. The summed E-state index contributed by atoms with van der Waals surface area (Å²) in [4.78, 5) is 0. The smallest absolute Gasteiger partial charge is 0.156 e. The lowest BCUT2D eigenvalue weighted by Crippen LogP contribution is -2.37. The summed E-state index contributed by atoms with van der Waals surface area (Å²) < 4.78 is 0. The number of rotatable bonds is 0. The maximum absolute atomic E-state index is 6.03. The second kappa shape index (κ2) is 3.95. The van der Waals surface area contributed by atoms with Crippen LogP contribution in [0.4, 0.5) is 5.69 Å². The molecule has 0 saturated heterocycles. The number of fused-ring (bicyclic) bond motifs is 1. The molecule has 0 spiro atoms. The van der Waals surface area contributed by atoms with Crippen LogP contribution in [0.2, 0.25) is 10.0 Å². The van der Waals surface area contributed by atoms with Crippen molar-refractivity contribution in [3.8, 4) is 0 Å². The molecule has 0 bridgehead atoms. The first kappa shape index (κ1) is 10.7. The Labute approximate surface area is 101 Å². The third kappa shape index (κ3) is 1.90. The fraction of sp³-hybridized carbons (Fsp3) is 0.250. The average Bonchev–Trinajstić information content (AvgIpc) is 2.08. The average molecular weight is 272 g/mol. The van der Waals surface area contributed by atoms with Crippen LogP contribution in [0.1, 0.15) is 11.1 Å². The van der Waals surface area contributed by atoms with Crippen molar-refractivity contribution < 1.29 is 0 Å². The molecule has 6 heteroatoms. The molecule has 0 aromatic heterocycles. The van der Waals surface area contributed by atoms with Gasteiger partial charge >= 0.3 is 0 Å². The van der Waals surface area contributed by atoms with Crippen LogP contribution in [-0.4, -0.2) is 5.62 Å². The van der Waals surface area contributed by atoms with Crippen molar-refractivity contribution in [1.82, 2.24) is 5.32 Å². The van der Waals surface area contributed by atoms with Gasteiger partial charge in [0.1, 0.15) is 5.50 Å². The summed E-state index contributed by atoms with van der Waals surface area (Å²) in [6, 6.07) is 3.44. The first-order valence-electron chi connectivity index (χ1n) is 3.87. The molecule has 2 atom stereocenters. The summed E-state index contributed by atoms with van der Waals surface area (Å²) in [5.41, 5.74) is 0.891. The molecule has 0 amide bonds. The van der Waals surface area contributed by atoms with E-state index >= 15 is 0 Å². The summed E-state index contributed by atoms with van der Waals surface area (Å²) in [7, 11) is 0. The van der Waals surface area contributed by atoms with Crippen LogP contribution in [0.25, 0.3) is 0 Å². The van der Waals surface area contributed by atoms with Gasteiger partial charge in [-0.25, -0.2) is 0 Å². The number of hydrogen-bond acceptors (Lipinski definition) is 2. The second-order valence-electron chi connectivity index (χ2n) is 2.89. The highest BCUT2D eigenvalue weighted by Crippen LogP contribution is 2.37. The van der Waals surface area contributed by atoms with Gasteiger partial charge in [-0.2, -0.15) is 0 Å². The fourth-order valence-electron chi connectivity index (χ4n) is 1.29. The van der Waals surface area contributed by atoms with Gasteiger partial charge in [-0.05, 0) is 12.1 Å². The summed E-state index contributed by atoms with van der Waals surface area (Å²) in [5, 5.41) is 6.84. The highest BCUT2D eigenvalue weighted by molar-refractivity contribution is 6.42. The number of halogens is 4. The van der Waals surface area contributed by atoms with Gasteiger partial charge < -0.3 is 5.32 Å². The van der Waals surface area contributed by atoms with E-state index in [1.54, 1.807) is 12.1 Å². The van der Waals surface area contributed by atoms with Gasteiger partial charge in [0, 0.05) is 11.3 Å². The van der Waals surface area contributed by atoms with E-state index in [0.29, 0.717) is 10.0 Å². The van der Waals surface area contributed by atoms with Crippen molar-refractivity contribution >= 4 is 52.1 Å². The lowest BCUT2D eigenvalue weighted by Gasteiger charge is -2.28. The number of hydrogen-bond donors (Lipinski definition) is 2. The zero-order valence-corrected chi connectivity index (χ0v) is 9.84. The zero-order valence-electron chi connectivity index (χ0n) is 6.82. The van der Waals surface area contributed by atoms with Crippen LogP contribution in [0, 0.1) is 0 Å². The Morgan fingerprint density at radius 1 is 1.07 bits per heavy atom. The number of nitrogens with one attached hydrogen (secondary N) is 2. The number of anilines is 1. The minimum Gasteiger partial charge on any atom is -0.357 e. The van der Waals surface area contributed by atoms with E-state index in [-0.39, 0.29) is 5.50 Å². The summed E-state index contributed by atoms with van der Waals surface area (Å²) >= 11 is 23.6. The van der Waals surface area contributed by atoms with Gasteiger partial charge in [0.05, 0.1) is 10.0 Å². The molecule has 2 rings (SSSR count). The molecule has 1 aromatic carbocycles. The molecule has 0 saturated carbocycles. The molecule has 14 heavy (non-hydrogen) atoms. The van der Waals surface area contributed by atoms with Gasteiger partial charge in [-0.3, -0.25) is 5.32 Å². The Balaban J connectivity index is 2.49. The molecule has 1 aliphatic rings. The predicted molar refractivity (Wildman–Crippen MR) is 61.5 cm³/mol. The third-order valence-corrected chi connectivity index (χ3v) is 3.26. The largest absolute Gasteiger partial charge is 0.357 e. The minimum absolute atomic E-state index is 0.358. The van der Waals surface area contributed by atoms with Crippen LogP contribution in [0.15, 0.2) is 12.1 Å². The molecular weight excluding hydrogens is 266 g/mol. The van der Waals surface area contributed by atoms with E-state index in [2.05, 4.69) is 10.6 Å². The highest BCUT2D eigenvalue weighted by atomic mass is 35.5. The van der Waals surface area contributed by atoms with Crippen LogP contribution < -0.4 is 10.6 Å². The summed E-state index contributed by atoms with van der Waals surface area (Å²) in [6.45, 7) is 0. The standard InChI is InChI=1S/C8H6Cl4N2/c9-4-1-3-6(2-5(4)10)13-8(12)14-7(3)11/h1-2,7-8,13-14H. The highest BCUT2D eigenvalue weighted by Gasteiger charge is 2.23. The van der Waals surface area contributed by atoms with Crippen LogP contribution in [-0.2, 0) is 0 Å². The van der Waals surface area contributed by atoms with Crippen molar-refractivity contribution in [2.75, 3.05) is 5.32 Å². The lowest BCUT2D eigenvalue weighted by atomic mass is 10.1. The van der Waals surface area contributed by atoms with Crippen molar-refractivity contribution in [2.24, 2.45) is 0 Å². The monoisotopic (exact) mass is 270 g/mol. The molecule has 1 aliphatic heterocycles. The van der Waals surface area contributed by atoms with Gasteiger partial charge in [0.15, 0.2) is 5.62 Å². The van der Waals surface area contributed by atoms with Crippen molar-refractivity contribution in [1.29, 1.82) is 0 Å². The Morgan fingerprint density at radius 2 is 1.71 bits per heavy atom. The number of alkyl halides is 2. The first-order valence-corrected chi connectivity index (χ1v) is 5.50. The topological polar surface area (TPSA) is 24.1 Å². The quantitative estimate of drug-likeness (QED) is 0.555. The maximum atomic E-state index is 6.03. The summed E-state index contributed by atoms with van der Waals surface area (Å²) in [5.74, 6) is 0. The molecule has 2 nitrogen and oxygen atoms in total. The lowest BCUT2D eigenvalue weighted by molar-refractivity contribution is 0.642. The molecule has 2 unspecified atom stereocenters. The second-order valence-corrected chi connectivity index (χ2v) is 4.58. The molecule has 0 fully saturated rings. The van der Waals surface area contributed by atoms with Crippen molar-refractivity contribution in [2.45, 2.75) is 11.1 Å². The van der Waals surface area contributed by atoms with Crippen LogP contribution in [0.5, 0.6) is 0 Å². The van der Waals surface area contributed by atoms with Gasteiger partial charge in [0.2, 0.25) is 0 Å². The Bertz CT molecular complexity index is 369. The molecular formula is C8H6Cl4N2. The van der Waals surface area contributed by atoms with Crippen molar-refractivity contribution in [3.05, 3.63) is 27.7 Å². The Hall–Kier alpha value is 0.140. The van der Waals surface area contributed by atoms with E-state index in [9.17, 15) is 0 Å². The van der Waals surface area contributed by atoms with E-state index in [4.69, 9.17) is 46.4 Å². The zero-order chi connectivity index (χ0) is 10.3. The summed E-state index contributed by atoms with van der Waals surface area (Å²) in [6.07, 6.45) is 0. The molecule has 1 aromatic rings. The molecule has 2 N–H and O–H groups in total. The maximum Gasteiger partial charge on any atom is 0.156 e. The van der Waals surface area contributed by atoms with E-state index < -0.39 is 5.62 Å². The van der Waals surface area contributed by atoms with Gasteiger partial charge in [-0.15, -0.1) is 11.6 Å². The van der Waals surface area contributed by atoms with Gasteiger partial charge in [0.25, 0.3) is 0 Å². The first-order chi connectivity index (χ1) is 6.58. The fourth-order valence-corrected chi connectivity index (χ4v) is 2.24. The third-order valence-electron chi connectivity index (χ3n) is 1.94. The molecule has 0 aliphatic carbocycles. The van der Waals surface area contributed by atoms with Crippen LogP contribution in [0.3, 0.4) is 0 Å². The minimum atomic E-state index is -0.401. The Kier molecular flexibility index (Phi) is 3.01. The van der Waals surface area contributed by atoms with E-state index in [1.807, 2.05) is 0 Å². The molecule has 76 valence electrons. The van der Waals surface area contributed by atoms with E-state index in [1.165, 1.54) is 0 Å². The van der Waals surface area contributed by atoms with Crippen LogP contribution >= 0.6 is 46.4 Å².